The Morgan fingerprint density at radius 3 is 2.30 bits per heavy atom. The van der Waals surface area contributed by atoms with Gasteiger partial charge >= 0.3 is 5.69 Å². The molecule has 30 heavy (non-hydrogen) atoms. The van der Waals surface area contributed by atoms with E-state index < -0.39 is 11.2 Å². The van der Waals surface area contributed by atoms with Crippen LogP contribution < -0.4 is 27.2 Å². The lowest BCUT2D eigenvalue weighted by atomic mass is 10.2. The fourth-order valence-corrected chi connectivity index (χ4v) is 3.01. The summed E-state index contributed by atoms with van der Waals surface area (Å²) < 4.78 is 1.28. The summed E-state index contributed by atoms with van der Waals surface area (Å²) >= 11 is 0. The molecule has 0 saturated carbocycles. The Kier molecular flexibility index (Phi) is 9.77. The Morgan fingerprint density at radius 1 is 1.13 bits per heavy atom. The van der Waals surface area contributed by atoms with Gasteiger partial charge in [-0.25, -0.2) is 4.79 Å². The second kappa shape index (κ2) is 11.5. The van der Waals surface area contributed by atoms with E-state index in [1.54, 1.807) is 11.9 Å². The number of carbonyl (C=O) groups excluding carboxylic acids is 2. The maximum absolute atomic E-state index is 13.1. The van der Waals surface area contributed by atoms with Gasteiger partial charge in [0.1, 0.15) is 5.82 Å². The maximum Gasteiger partial charge on any atom is 0.330 e. The highest BCUT2D eigenvalue weighted by atomic mass is 16.2. The van der Waals surface area contributed by atoms with Crippen LogP contribution in [0.4, 0.5) is 11.5 Å². The average Bonchev–Trinajstić information content (AvgIpc) is 2.61. The second-order valence-corrected chi connectivity index (χ2v) is 8.42. The van der Waals surface area contributed by atoms with E-state index in [0.29, 0.717) is 13.1 Å². The predicted molar refractivity (Wildman–Crippen MR) is 119 cm³/mol. The van der Waals surface area contributed by atoms with Crippen LogP contribution in [0, 0.1) is 11.8 Å². The van der Waals surface area contributed by atoms with Gasteiger partial charge in [0.25, 0.3) is 5.56 Å². The lowest BCUT2D eigenvalue weighted by Crippen LogP contribution is -2.47. The average molecular weight is 425 g/mol. The van der Waals surface area contributed by atoms with E-state index in [1.807, 2.05) is 34.6 Å². The topological polar surface area (TPSA) is 134 Å². The van der Waals surface area contributed by atoms with E-state index in [0.717, 1.165) is 6.42 Å². The van der Waals surface area contributed by atoms with Crippen molar-refractivity contribution < 1.29 is 9.59 Å². The molecule has 4 N–H and O–H groups in total. The first-order valence-electron chi connectivity index (χ1n) is 10.4. The van der Waals surface area contributed by atoms with Gasteiger partial charge in [0.05, 0.1) is 13.1 Å². The van der Waals surface area contributed by atoms with E-state index in [2.05, 4.69) is 10.3 Å². The van der Waals surface area contributed by atoms with Gasteiger partial charge in [-0.05, 0) is 25.3 Å². The molecule has 1 rings (SSSR count). The van der Waals surface area contributed by atoms with Crippen LogP contribution in [0.3, 0.4) is 0 Å². The summed E-state index contributed by atoms with van der Waals surface area (Å²) in [5.41, 5.74) is 4.86. The zero-order valence-electron chi connectivity index (χ0n) is 18.9. The molecule has 0 bridgehead atoms. The van der Waals surface area contributed by atoms with Gasteiger partial charge in [-0.3, -0.25) is 28.8 Å². The highest BCUT2D eigenvalue weighted by Crippen LogP contribution is 2.19. The molecule has 0 fully saturated rings. The molecule has 10 nitrogen and oxygen atoms in total. The number of hydrogen-bond donors (Lipinski definition) is 3. The van der Waals surface area contributed by atoms with E-state index >= 15 is 0 Å². The molecule has 2 amide bonds. The summed E-state index contributed by atoms with van der Waals surface area (Å²) in [5.74, 6) is -0.413. The number of carbonyl (C=O) groups is 2. The summed E-state index contributed by atoms with van der Waals surface area (Å²) in [6, 6.07) is 0. The van der Waals surface area contributed by atoms with E-state index in [-0.39, 0.29) is 54.8 Å². The first kappa shape index (κ1) is 25.4. The van der Waals surface area contributed by atoms with E-state index in [1.165, 1.54) is 9.47 Å². The van der Waals surface area contributed by atoms with Crippen molar-refractivity contribution in [2.45, 2.75) is 47.6 Å². The number of anilines is 2. The molecule has 0 atom stereocenters. The largest absolute Gasteiger partial charge is 0.383 e. The van der Waals surface area contributed by atoms with Gasteiger partial charge in [-0.2, -0.15) is 0 Å². The quantitative estimate of drug-likeness (QED) is 0.465. The first-order chi connectivity index (χ1) is 14.0. The minimum Gasteiger partial charge on any atom is -0.383 e. The number of hydrogen-bond acceptors (Lipinski definition) is 6. The van der Waals surface area contributed by atoms with Crippen LogP contribution in [0.5, 0.6) is 0 Å². The highest BCUT2D eigenvalue weighted by molar-refractivity contribution is 5.97. The molecule has 0 saturated heterocycles. The highest BCUT2D eigenvalue weighted by Gasteiger charge is 2.26. The van der Waals surface area contributed by atoms with Gasteiger partial charge < -0.3 is 16.0 Å². The zero-order chi connectivity index (χ0) is 23.0. The van der Waals surface area contributed by atoms with Crippen molar-refractivity contribution in [3.63, 3.8) is 0 Å². The molecule has 170 valence electrons. The lowest BCUT2D eigenvalue weighted by molar-refractivity contribution is -0.123. The van der Waals surface area contributed by atoms with Gasteiger partial charge in [-0.1, -0.05) is 34.6 Å². The standard InChI is InChI=1S/C20H36N6O4/c1-7-8-22-15(27)11-24(6)12-16(28)25(9-13(2)3)17-18(21)26(10-14(4)5)20(30)23-19(17)29/h13-14H,7-12,21H2,1-6H3,(H,22,27)(H,23,29,30). The summed E-state index contributed by atoms with van der Waals surface area (Å²) in [5, 5.41) is 2.76. The van der Waals surface area contributed by atoms with Crippen LogP contribution >= 0.6 is 0 Å². The minimum absolute atomic E-state index is 0.0298. The molecule has 1 aromatic rings. The molecule has 0 unspecified atom stereocenters. The lowest BCUT2D eigenvalue weighted by Gasteiger charge is -2.28. The van der Waals surface area contributed by atoms with Crippen molar-refractivity contribution in [2.75, 3.05) is 43.9 Å². The molecule has 0 aromatic carbocycles. The Balaban J connectivity index is 3.21. The molecule has 0 aliphatic carbocycles. The van der Waals surface area contributed by atoms with Crippen molar-refractivity contribution in [3.8, 4) is 0 Å². The number of aromatic amines is 1. The predicted octanol–water partition coefficient (Wildman–Crippen LogP) is 0.222. The maximum atomic E-state index is 13.1. The minimum atomic E-state index is -0.699. The monoisotopic (exact) mass is 424 g/mol. The Hall–Kier alpha value is -2.62. The van der Waals surface area contributed by atoms with Gasteiger partial charge in [0.15, 0.2) is 5.69 Å². The molecule has 1 heterocycles. The third-order valence-electron chi connectivity index (χ3n) is 4.27. The summed E-state index contributed by atoms with van der Waals surface area (Å²) in [4.78, 5) is 55.0. The van der Waals surface area contributed by atoms with Crippen molar-refractivity contribution in [2.24, 2.45) is 11.8 Å². The first-order valence-corrected chi connectivity index (χ1v) is 10.4. The van der Waals surface area contributed by atoms with E-state index in [4.69, 9.17) is 5.73 Å². The number of amides is 2. The normalized spacial score (nSPS) is 11.4. The fourth-order valence-electron chi connectivity index (χ4n) is 3.01. The molecule has 10 heteroatoms. The van der Waals surface area contributed by atoms with Crippen molar-refractivity contribution in [3.05, 3.63) is 20.8 Å². The number of nitrogens with one attached hydrogen (secondary N) is 2. The number of nitrogens with zero attached hydrogens (tertiary/aromatic N) is 3. The van der Waals surface area contributed by atoms with Crippen LogP contribution in [-0.2, 0) is 16.1 Å². The fraction of sp³-hybridized carbons (Fsp3) is 0.700. The molecule has 0 aliphatic heterocycles. The molecule has 1 aromatic heterocycles. The zero-order valence-corrected chi connectivity index (χ0v) is 18.9. The second-order valence-electron chi connectivity index (χ2n) is 8.42. The van der Waals surface area contributed by atoms with Crippen molar-refractivity contribution in [1.29, 1.82) is 0 Å². The molecule has 0 spiro atoms. The van der Waals surface area contributed by atoms with Crippen LogP contribution in [-0.4, -0.2) is 59.5 Å². The van der Waals surface area contributed by atoms with Crippen molar-refractivity contribution in [1.82, 2.24) is 19.8 Å². The number of nitrogen functional groups attached to an aromatic ring is 1. The van der Waals surface area contributed by atoms with Crippen LogP contribution in [0.1, 0.15) is 41.0 Å². The van der Waals surface area contributed by atoms with Crippen molar-refractivity contribution >= 4 is 23.3 Å². The SMILES string of the molecule is CCCNC(=O)CN(C)CC(=O)N(CC(C)C)c1c(N)n(CC(C)C)c(=O)[nH]c1=O. The molecule has 0 radical (unpaired) electrons. The third-order valence-corrected chi connectivity index (χ3v) is 4.27. The number of H-pyrrole nitrogens is 1. The van der Waals surface area contributed by atoms with Gasteiger partial charge in [-0.15, -0.1) is 0 Å². The van der Waals surface area contributed by atoms with Gasteiger partial charge in [0.2, 0.25) is 11.8 Å². The Morgan fingerprint density at radius 2 is 1.77 bits per heavy atom. The number of aromatic nitrogens is 2. The molecular weight excluding hydrogens is 388 g/mol. The Bertz CT molecular complexity index is 843. The summed E-state index contributed by atoms with van der Waals surface area (Å²) in [6.45, 7) is 10.7. The van der Waals surface area contributed by atoms with Crippen LogP contribution in [0.15, 0.2) is 9.59 Å². The number of rotatable bonds is 11. The summed E-state index contributed by atoms with van der Waals surface area (Å²) in [6.07, 6.45) is 0.824. The Labute approximate surface area is 177 Å². The van der Waals surface area contributed by atoms with E-state index in [9.17, 15) is 19.2 Å². The molecule has 0 aliphatic rings. The van der Waals surface area contributed by atoms with Crippen LogP contribution in [0.2, 0.25) is 0 Å². The number of likely N-dealkylation sites (N-methyl/N-ethyl adjacent to an activating group) is 1. The van der Waals surface area contributed by atoms with Gasteiger partial charge in [0, 0.05) is 19.6 Å². The summed E-state index contributed by atoms with van der Waals surface area (Å²) in [7, 11) is 1.66. The molecular formula is C20H36N6O4. The van der Waals surface area contributed by atoms with Crippen LogP contribution in [0.25, 0.3) is 0 Å². The smallest absolute Gasteiger partial charge is 0.330 e. The third kappa shape index (κ3) is 7.33. The number of nitrogens with two attached hydrogens (primary N) is 1.